The number of likely N-dealkylation sites (tertiary alicyclic amines) is 1. The molecule has 142 valence electrons. The van der Waals surface area contributed by atoms with Crippen molar-refractivity contribution in [3.05, 3.63) is 77.6 Å². The number of nitrogens with zero attached hydrogens (tertiary/aromatic N) is 1. The number of halogens is 1. The number of ether oxygens (including phenoxy) is 1. The van der Waals surface area contributed by atoms with Crippen LogP contribution in [-0.4, -0.2) is 29.4 Å². The van der Waals surface area contributed by atoms with Crippen LogP contribution in [0.2, 0.25) is 0 Å². The number of ketones is 1. The van der Waals surface area contributed by atoms with E-state index < -0.39 is 5.60 Å². The van der Waals surface area contributed by atoms with E-state index in [1.165, 1.54) is 12.1 Å². The molecule has 2 aliphatic rings. The van der Waals surface area contributed by atoms with Crippen LogP contribution in [0.4, 0.5) is 4.39 Å². The average molecular weight is 375 g/mol. The number of piperidine rings is 1. The lowest BCUT2D eigenvalue weighted by Gasteiger charge is -2.44. The highest BCUT2D eigenvalue weighted by molar-refractivity contribution is 6.11. The fourth-order valence-corrected chi connectivity index (χ4v) is 4.52. The maximum Gasteiger partial charge on any atom is 0.171 e. The van der Waals surface area contributed by atoms with Gasteiger partial charge in [-0.1, -0.05) is 42.5 Å². The summed E-state index contributed by atoms with van der Waals surface area (Å²) >= 11 is 0. The Balaban J connectivity index is 1.34. The molecule has 0 atom stereocenters. The van der Waals surface area contributed by atoms with Crippen molar-refractivity contribution in [3.8, 4) is 5.75 Å². The van der Waals surface area contributed by atoms with E-state index >= 15 is 0 Å². The first-order valence-corrected chi connectivity index (χ1v) is 9.83. The van der Waals surface area contributed by atoms with Crippen molar-refractivity contribution in [2.24, 2.45) is 0 Å². The zero-order valence-corrected chi connectivity index (χ0v) is 15.7. The number of carbonyl (C=O) groups excluding carboxylic acids is 1. The lowest BCUT2D eigenvalue weighted by Crippen LogP contribution is -2.50. The van der Waals surface area contributed by atoms with Crippen LogP contribution in [0.15, 0.2) is 60.7 Å². The highest BCUT2D eigenvalue weighted by Gasteiger charge is 2.43. The monoisotopic (exact) mass is 375 g/mol. The minimum Gasteiger partial charge on any atom is -0.486 e. The van der Waals surface area contributed by atoms with Crippen LogP contribution in [0, 0.1) is 5.82 Å². The van der Waals surface area contributed by atoms with E-state index in [-0.39, 0.29) is 11.6 Å². The first-order valence-electron chi connectivity index (χ1n) is 9.83. The topological polar surface area (TPSA) is 29.5 Å². The fraction of sp³-hybridized carbons (Fsp3) is 0.292. The van der Waals surface area contributed by atoms with E-state index in [2.05, 4.69) is 4.90 Å². The van der Waals surface area contributed by atoms with Crippen LogP contribution < -0.4 is 4.74 Å². The van der Waals surface area contributed by atoms with Crippen LogP contribution in [-0.2, 0) is 6.54 Å². The Morgan fingerprint density at radius 3 is 2.50 bits per heavy atom. The summed E-state index contributed by atoms with van der Waals surface area (Å²) in [6, 6.07) is 18.6. The van der Waals surface area contributed by atoms with Crippen LogP contribution in [0.3, 0.4) is 0 Å². The molecular weight excluding hydrogens is 353 g/mol. The molecule has 0 aliphatic carbocycles. The van der Waals surface area contributed by atoms with Crippen molar-refractivity contribution in [1.29, 1.82) is 0 Å². The maximum atomic E-state index is 13.1. The Labute approximate surface area is 163 Å². The number of carbonyl (C=O) groups is 1. The smallest absolute Gasteiger partial charge is 0.171 e. The molecular formula is C24H22FNO2. The summed E-state index contributed by atoms with van der Waals surface area (Å²) in [7, 11) is 0. The van der Waals surface area contributed by atoms with E-state index in [4.69, 9.17) is 4.74 Å². The highest BCUT2D eigenvalue weighted by atomic mass is 19.1. The van der Waals surface area contributed by atoms with Gasteiger partial charge in [-0.15, -0.1) is 0 Å². The summed E-state index contributed by atoms with van der Waals surface area (Å²) in [6.07, 6.45) is 2.09. The minimum absolute atomic E-state index is 0.185. The molecule has 0 N–H and O–H groups in total. The van der Waals surface area contributed by atoms with E-state index in [1.807, 2.05) is 48.5 Å². The molecule has 0 amide bonds. The number of hydrogen-bond acceptors (Lipinski definition) is 3. The average Bonchev–Trinajstić information content (AvgIpc) is 2.71. The van der Waals surface area contributed by atoms with Crippen LogP contribution in [0.25, 0.3) is 10.8 Å². The molecule has 4 heteroatoms. The van der Waals surface area contributed by atoms with Gasteiger partial charge < -0.3 is 4.74 Å². The predicted molar refractivity (Wildman–Crippen MR) is 107 cm³/mol. The molecule has 5 rings (SSSR count). The number of hydrogen-bond donors (Lipinski definition) is 0. The molecule has 2 aliphatic heterocycles. The van der Waals surface area contributed by atoms with Gasteiger partial charge in [0.1, 0.15) is 17.2 Å². The van der Waals surface area contributed by atoms with Gasteiger partial charge in [0.25, 0.3) is 0 Å². The molecule has 2 heterocycles. The zero-order valence-electron chi connectivity index (χ0n) is 15.7. The van der Waals surface area contributed by atoms with E-state index in [9.17, 15) is 9.18 Å². The Hall–Kier alpha value is -2.72. The van der Waals surface area contributed by atoms with E-state index in [0.29, 0.717) is 6.42 Å². The SMILES string of the molecule is O=C1CC2(CCN(Cc3ccc(F)cc3)CC2)Oc2ccc3ccccc3c21. The number of fused-ring (bicyclic) bond motifs is 3. The third-order valence-electron chi connectivity index (χ3n) is 6.07. The first-order chi connectivity index (χ1) is 13.6. The number of rotatable bonds is 2. The standard InChI is InChI=1S/C24H22FNO2/c25-19-8-5-17(6-9-19)16-26-13-11-24(12-14-26)15-21(27)23-20-4-2-1-3-18(20)7-10-22(23)28-24/h1-10H,11-16H2. The molecule has 0 bridgehead atoms. The van der Waals surface area contributed by atoms with Crippen molar-refractivity contribution >= 4 is 16.6 Å². The molecule has 1 spiro atoms. The summed E-state index contributed by atoms with van der Waals surface area (Å²) in [5, 5.41) is 2.05. The summed E-state index contributed by atoms with van der Waals surface area (Å²) in [5.74, 6) is 0.702. The van der Waals surface area contributed by atoms with Crippen LogP contribution in [0.5, 0.6) is 5.75 Å². The van der Waals surface area contributed by atoms with Gasteiger partial charge in [-0.25, -0.2) is 4.39 Å². The lowest BCUT2D eigenvalue weighted by molar-refractivity contribution is -0.0105. The van der Waals surface area contributed by atoms with Crippen molar-refractivity contribution in [1.82, 2.24) is 4.90 Å². The van der Waals surface area contributed by atoms with Gasteiger partial charge in [0.2, 0.25) is 0 Å². The quantitative estimate of drug-likeness (QED) is 0.633. The second-order valence-corrected chi connectivity index (χ2v) is 7.95. The molecule has 0 unspecified atom stereocenters. The molecule has 28 heavy (non-hydrogen) atoms. The zero-order chi connectivity index (χ0) is 19.1. The van der Waals surface area contributed by atoms with Gasteiger partial charge in [-0.05, 0) is 34.5 Å². The molecule has 1 fully saturated rings. The van der Waals surface area contributed by atoms with Gasteiger partial charge in [-0.3, -0.25) is 9.69 Å². The Bertz CT molecular complexity index is 1040. The first kappa shape index (κ1) is 17.4. The second-order valence-electron chi connectivity index (χ2n) is 7.95. The molecule has 1 saturated heterocycles. The van der Waals surface area contributed by atoms with Crippen LogP contribution >= 0.6 is 0 Å². The summed E-state index contributed by atoms with van der Waals surface area (Å²) in [5.41, 5.74) is 1.44. The Morgan fingerprint density at radius 1 is 0.964 bits per heavy atom. The molecule has 3 aromatic rings. The van der Waals surface area contributed by atoms with Gasteiger partial charge in [0.05, 0.1) is 12.0 Å². The van der Waals surface area contributed by atoms with E-state index in [0.717, 1.165) is 60.1 Å². The van der Waals surface area contributed by atoms with Crippen molar-refractivity contribution in [2.45, 2.75) is 31.4 Å². The summed E-state index contributed by atoms with van der Waals surface area (Å²) in [4.78, 5) is 15.4. The van der Waals surface area contributed by atoms with Crippen molar-refractivity contribution in [2.75, 3.05) is 13.1 Å². The van der Waals surface area contributed by atoms with Gasteiger partial charge in [0, 0.05) is 32.5 Å². The highest BCUT2D eigenvalue weighted by Crippen LogP contribution is 2.42. The maximum absolute atomic E-state index is 13.1. The fourth-order valence-electron chi connectivity index (χ4n) is 4.52. The third kappa shape index (κ3) is 3.08. The molecule has 3 nitrogen and oxygen atoms in total. The number of Topliss-reactive ketones (excluding diaryl/α,β-unsaturated/α-hetero) is 1. The normalized spacial score (nSPS) is 18.8. The lowest BCUT2D eigenvalue weighted by atomic mass is 9.81. The molecule has 0 saturated carbocycles. The largest absolute Gasteiger partial charge is 0.486 e. The number of benzene rings is 3. The molecule has 3 aromatic carbocycles. The van der Waals surface area contributed by atoms with Crippen LogP contribution in [0.1, 0.15) is 35.2 Å². The Kier molecular flexibility index (Phi) is 4.17. The van der Waals surface area contributed by atoms with Crippen molar-refractivity contribution in [3.63, 3.8) is 0 Å². The molecule has 0 aromatic heterocycles. The van der Waals surface area contributed by atoms with Gasteiger partial charge in [-0.2, -0.15) is 0 Å². The summed E-state index contributed by atoms with van der Waals surface area (Å²) < 4.78 is 19.6. The van der Waals surface area contributed by atoms with Gasteiger partial charge in [0.15, 0.2) is 5.78 Å². The van der Waals surface area contributed by atoms with E-state index in [1.54, 1.807) is 0 Å². The Morgan fingerprint density at radius 2 is 1.71 bits per heavy atom. The minimum atomic E-state index is -0.397. The summed E-state index contributed by atoms with van der Waals surface area (Å²) in [6.45, 7) is 2.53. The molecule has 0 radical (unpaired) electrons. The van der Waals surface area contributed by atoms with Crippen molar-refractivity contribution < 1.29 is 13.9 Å². The van der Waals surface area contributed by atoms with Gasteiger partial charge >= 0.3 is 0 Å². The second kappa shape index (κ2) is 6.71. The predicted octanol–water partition coefficient (Wildman–Crippen LogP) is 4.98. The third-order valence-corrected chi connectivity index (χ3v) is 6.07.